The molecule has 110 valence electrons. The lowest BCUT2D eigenvalue weighted by atomic mass is 10.2. The average molecular weight is 301 g/mol. The number of halogens is 1. The highest BCUT2D eigenvalue weighted by Crippen LogP contribution is 2.23. The van der Waals surface area contributed by atoms with E-state index in [4.69, 9.17) is 9.84 Å². The van der Waals surface area contributed by atoms with Gasteiger partial charge in [-0.1, -0.05) is 12.1 Å². The zero-order valence-electron chi connectivity index (χ0n) is 11.2. The second-order valence-electron chi connectivity index (χ2n) is 4.04. The van der Waals surface area contributed by atoms with E-state index < -0.39 is 23.7 Å². The largest absolute Gasteiger partial charge is 0.494 e. The Morgan fingerprint density at radius 1 is 1.50 bits per heavy atom. The summed E-state index contributed by atoms with van der Waals surface area (Å²) in [5.41, 5.74) is 0.432. The number of ether oxygens (including phenoxy) is 1. The third kappa shape index (κ3) is 4.73. The van der Waals surface area contributed by atoms with Crippen molar-refractivity contribution in [1.29, 1.82) is 0 Å². The van der Waals surface area contributed by atoms with Crippen molar-refractivity contribution < 1.29 is 23.8 Å². The zero-order valence-corrected chi connectivity index (χ0v) is 12.0. The predicted octanol–water partition coefficient (Wildman–Crippen LogP) is 1.66. The number of methoxy groups -OCH3 is 1. The third-order valence-corrected chi connectivity index (χ3v) is 3.57. The Morgan fingerprint density at radius 3 is 2.75 bits per heavy atom. The lowest BCUT2D eigenvalue weighted by molar-refractivity contribution is -0.140. The Bertz CT molecular complexity index is 495. The molecule has 7 heteroatoms. The van der Waals surface area contributed by atoms with Crippen LogP contribution in [0, 0.1) is 5.82 Å². The summed E-state index contributed by atoms with van der Waals surface area (Å²) < 4.78 is 18.7. The molecular weight excluding hydrogens is 285 g/mol. The van der Waals surface area contributed by atoms with Gasteiger partial charge in [0.25, 0.3) is 0 Å². The lowest BCUT2D eigenvalue weighted by Crippen LogP contribution is -2.41. The van der Waals surface area contributed by atoms with Crippen LogP contribution in [-0.4, -0.2) is 35.9 Å². The Labute approximate surface area is 120 Å². The molecule has 2 N–H and O–H groups in total. The molecule has 0 spiro atoms. The second-order valence-corrected chi connectivity index (χ2v) is 5.07. The number of carboxylic acids is 1. The van der Waals surface area contributed by atoms with Crippen molar-refractivity contribution in [3.05, 3.63) is 29.6 Å². The van der Waals surface area contributed by atoms with Crippen molar-refractivity contribution in [3.8, 4) is 5.75 Å². The maximum absolute atomic E-state index is 13.8. The summed E-state index contributed by atoms with van der Waals surface area (Å²) in [6.07, 6.45) is 0. The topological polar surface area (TPSA) is 75.6 Å². The number of benzene rings is 1. The Morgan fingerprint density at radius 2 is 2.20 bits per heavy atom. The van der Waals surface area contributed by atoms with E-state index in [-0.39, 0.29) is 11.5 Å². The van der Waals surface area contributed by atoms with Gasteiger partial charge in [-0.05, 0) is 6.07 Å². The van der Waals surface area contributed by atoms with E-state index in [1.165, 1.54) is 31.9 Å². The van der Waals surface area contributed by atoms with Crippen molar-refractivity contribution in [3.63, 3.8) is 0 Å². The Hall–Kier alpha value is -1.76. The van der Waals surface area contributed by atoms with Gasteiger partial charge in [0.15, 0.2) is 11.6 Å². The summed E-state index contributed by atoms with van der Waals surface area (Å²) >= 11 is 1.23. The van der Waals surface area contributed by atoms with Crippen molar-refractivity contribution in [2.24, 2.45) is 0 Å². The van der Waals surface area contributed by atoms with E-state index in [0.717, 1.165) is 0 Å². The van der Waals surface area contributed by atoms with Crippen LogP contribution in [0.2, 0.25) is 0 Å². The quantitative estimate of drug-likeness (QED) is 0.801. The molecule has 0 saturated carbocycles. The molecule has 0 aliphatic carbocycles. The van der Waals surface area contributed by atoms with Crippen LogP contribution in [0.4, 0.5) is 4.39 Å². The molecule has 1 aromatic rings. The van der Waals surface area contributed by atoms with E-state index in [2.05, 4.69) is 5.32 Å². The first-order valence-electron chi connectivity index (χ1n) is 5.84. The summed E-state index contributed by atoms with van der Waals surface area (Å²) in [7, 11) is 1.38. The van der Waals surface area contributed by atoms with Crippen LogP contribution >= 0.6 is 11.8 Å². The number of carbonyl (C=O) groups is 2. The number of carboxylic acid groups (broad SMARTS) is 1. The fourth-order valence-corrected chi connectivity index (χ4v) is 2.55. The van der Waals surface area contributed by atoms with Crippen LogP contribution < -0.4 is 10.1 Å². The number of aliphatic carboxylic acids is 1. The van der Waals surface area contributed by atoms with Crippen LogP contribution in [-0.2, 0) is 15.3 Å². The lowest BCUT2D eigenvalue weighted by Gasteiger charge is -2.13. The minimum absolute atomic E-state index is 0.153. The molecule has 0 fully saturated rings. The van der Waals surface area contributed by atoms with Crippen LogP contribution in [0.25, 0.3) is 0 Å². The molecule has 1 aromatic carbocycles. The number of thioether (sulfide) groups is 1. The van der Waals surface area contributed by atoms with Gasteiger partial charge in [0.05, 0.1) is 7.11 Å². The SMILES string of the molecule is COc1cccc(CSCC(NC(C)=O)C(=O)O)c1F. The fourth-order valence-electron chi connectivity index (χ4n) is 1.53. The van der Waals surface area contributed by atoms with Gasteiger partial charge in [-0.25, -0.2) is 9.18 Å². The number of nitrogens with one attached hydrogen (secondary N) is 1. The summed E-state index contributed by atoms with van der Waals surface area (Å²) in [4.78, 5) is 21.8. The van der Waals surface area contributed by atoms with Crippen LogP contribution in [0.15, 0.2) is 18.2 Å². The molecule has 0 aliphatic rings. The maximum Gasteiger partial charge on any atom is 0.327 e. The van der Waals surface area contributed by atoms with Crippen molar-refractivity contribution in [1.82, 2.24) is 5.32 Å². The minimum atomic E-state index is -1.11. The standard InChI is InChI=1S/C13H16FNO4S/c1-8(16)15-10(13(17)18)7-20-6-9-4-3-5-11(19-2)12(9)14/h3-5,10H,6-7H2,1-2H3,(H,15,16)(H,17,18). The van der Waals surface area contributed by atoms with Gasteiger partial charge in [-0.3, -0.25) is 4.79 Å². The smallest absolute Gasteiger partial charge is 0.327 e. The van der Waals surface area contributed by atoms with Gasteiger partial charge in [0, 0.05) is 24.0 Å². The van der Waals surface area contributed by atoms with E-state index in [1.54, 1.807) is 12.1 Å². The second kappa shape index (κ2) is 7.74. The van der Waals surface area contributed by atoms with Crippen LogP contribution in [0.3, 0.4) is 0 Å². The number of hydrogen-bond acceptors (Lipinski definition) is 4. The summed E-state index contributed by atoms with van der Waals surface area (Å²) in [6.45, 7) is 1.25. The van der Waals surface area contributed by atoms with Gasteiger partial charge in [-0.2, -0.15) is 11.8 Å². The molecule has 5 nitrogen and oxygen atoms in total. The molecular formula is C13H16FNO4S. The van der Waals surface area contributed by atoms with E-state index in [9.17, 15) is 14.0 Å². The molecule has 1 atom stereocenters. The monoisotopic (exact) mass is 301 g/mol. The normalized spacial score (nSPS) is 11.8. The first-order valence-corrected chi connectivity index (χ1v) is 7.00. The van der Waals surface area contributed by atoms with Gasteiger partial charge < -0.3 is 15.2 Å². The van der Waals surface area contributed by atoms with Crippen LogP contribution in [0.1, 0.15) is 12.5 Å². The molecule has 0 bridgehead atoms. The third-order valence-electron chi connectivity index (χ3n) is 2.48. The van der Waals surface area contributed by atoms with Crippen molar-refractivity contribution in [2.75, 3.05) is 12.9 Å². The van der Waals surface area contributed by atoms with Crippen molar-refractivity contribution in [2.45, 2.75) is 18.7 Å². The van der Waals surface area contributed by atoms with Gasteiger partial charge >= 0.3 is 5.97 Å². The predicted molar refractivity (Wildman–Crippen MR) is 74.4 cm³/mol. The highest BCUT2D eigenvalue weighted by molar-refractivity contribution is 7.98. The number of amides is 1. The maximum atomic E-state index is 13.8. The molecule has 1 unspecified atom stereocenters. The Balaban J connectivity index is 2.59. The highest BCUT2D eigenvalue weighted by atomic mass is 32.2. The summed E-state index contributed by atoms with van der Waals surface area (Å²) in [6, 6.07) is 3.81. The van der Waals surface area contributed by atoms with E-state index >= 15 is 0 Å². The van der Waals surface area contributed by atoms with E-state index in [1.807, 2.05) is 0 Å². The average Bonchev–Trinajstić information content (AvgIpc) is 2.39. The number of carbonyl (C=O) groups excluding carboxylic acids is 1. The number of rotatable bonds is 7. The van der Waals surface area contributed by atoms with Gasteiger partial charge in [-0.15, -0.1) is 0 Å². The first kappa shape index (κ1) is 16.3. The number of hydrogen-bond donors (Lipinski definition) is 2. The minimum Gasteiger partial charge on any atom is -0.494 e. The summed E-state index contributed by atoms with van der Waals surface area (Å²) in [5.74, 6) is -1.36. The fraction of sp³-hybridized carbons (Fsp3) is 0.385. The van der Waals surface area contributed by atoms with Gasteiger partial charge in [0.2, 0.25) is 5.91 Å². The highest BCUT2D eigenvalue weighted by Gasteiger charge is 2.18. The first-order chi connectivity index (χ1) is 9.45. The molecule has 0 heterocycles. The molecule has 20 heavy (non-hydrogen) atoms. The molecule has 0 aliphatic heterocycles. The van der Waals surface area contributed by atoms with Crippen molar-refractivity contribution >= 4 is 23.6 Å². The Kier molecular flexibility index (Phi) is 6.30. The molecule has 0 saturated heterocycles. The molecule has 1 rings (SSSR count). The zero-order chi connectivity index (χ0) is 15.1. The summed E-state index contributed by atoms with van der Waals surface area (Å²) in [5, 5.41) is 11.3. The van der Waals surface area contributed by atoms with Crippen LogP contribution in [0.5, 0.6) is 5.75 Å². The molecule has 0 aromatic heterocycles. The van der Waals surface area contributed by atoms with Gasteiger partial charge in [0.1, 0.15) is 6.04 Å². The molecule has 1 amide bonds. The molecule has 0 radical (unpaired) electrons. The van der Waals surface area contributed by atoms with E-state index in [0.29, 0.717) is 11.3 Å².